The molecule has 0 spiro atoms. The van der Waals surface area contributed by atoms with E-state index in [0.29, 0.717) is 13.1 Å². The molecule has 5 heteroatoms. The average Bonchev–Trinajstić information content (AvgIpc) is 2.68. The Labute approximate surface area is 169 Å². The molecule has 0 aliphatic rings. The zero-order valence-electron chi connectivity index (χ0n) is 17.6. The van der Waals surface area contributed by atoms with Crippen LogP contribution in [0.15, 0.2) is 48.5 Å². The van der Waals surface area contributed by atoms with Gasteiger partial charge in [-0.3, -0.25) is 0 Å². The van der Waals surface area contributed by atoms with Gasteiger partial charge in [-0.15, -0.1) is 0 Å². The first-order chi connectivity index (χ1) is 13.5. The van der Waals surface area contributed by atoms with Crippen LogP contribution >= 0.6 is 0 Å². The molecule has 152 valence electrons. The third kappa shape index (κ3) is 7.24. The van der Waals surface area contributed by atoms with E-state index in [-0.39, 0.29) is 6.03 Å². The summed E-state index contributed by atoms with van der Waals surface area (Å²) in [6.45, 7) is 6.90. The third-order valence-electron chi connectivity index (χ3n) is 4.53. The van der Waals surface area contributed by atoms with Crippen molar-refractivity contribution in [2.24, 2.45) is 0 Å². The Morgan fingerprint density at radius 2 is 1.82 bits per heavy atom. The summed E-state index contributed by atoms with van der Waals surface area (Å²) < 4.78 is 5.75. The van der Waals surface area contributed by atoms with E-state index < -0.39 is 0 Å². The lowest BCUT2D eigenvalue weighted by atomic mass is 10.2. The lowest BCUT2D eigenvalue weighted by molar-refractivity contribution is 0.202. The quantitative estimate of drug-likeness (QED) is 0.601. The number of aryl methyl sites for hydroxylation is 1. The number of hydrogen-bond acceptors (Lipinski definition) is 3. The fourth-order valence-corrected chi connectivity index (χ4v) is 2.77. The van der Waals surface area contributed by atoms with Crippen molar-refractivity contribution >= 4 is 11.7 Å². The Hall–Kier alpha value is -2.53. The van der Waals surface area contributed by atoms with Gasteiger partial charge in [-0.25, -0.2) is 4.79 Å². The summed E-state index contributed by atoms with van der Waals surface area (Å²) >= 11 is 0. The first-order valence-corrected chi connectivity index (χ1v) is 9.97. The molecule has 0 bridgehead atoms. The van der Waals surface area contributed by atoms with E-state index in [4.69, 9.17) is 4.74 Å². The van der Waals surface area contributed by atoms with E-state index in [1.165, 1.54) is 0 Å². The molecule has 5 nitrogen and oxygen atoms in total. The molecule has 0 aromatic heterocycles. The van der Waals surface area contributed by atoms with Gasteiger partial charge >= 0.3 is 6.03 Å². The number of rotatable bonds is 10. The number of benzene rings is 2. The standard InChI is InChI=1S/C23H33N3O2/c1-5-6-16-28-21-12-13-22(19(2)17-21)24-23(27)26(15-14-25(3)4)18-20-10-8-7-9-11-20/h7-13,17H,5-6,14-16,18H2,1-4H3,(H,24,27). The van der Waals surface area contributed by atoms with Crippen LogP contribution in [0.2, 0.25) is 0 Å². The SMILES string of the molecule is CCCCOc1ccc(NC(=O)N(CCN(C)C)Cc2ccccc2)c(C)c1. The molecule has 0 saturated heterocycles. The minimum atomic E-state index is -0.0894. The van der Waals surface area contributed by atoms with Crippen molar-refractivity contribution < 1.29 is 9.53 Å². The second-order valence-electron chi connectivity index (χ2n) is 7.32. The summed E-state index contributed by atoms with van der Waals surface area (Å²) in [5.74, 6) is 0.845. The summed E-state index contributed by atoms with van der Waals surface area (Å²) in [6, 6.07) is 15.8. The van der Waals surface area contributed by atoms with Gasteiger partial charge < -0.3 is 19.9 Å². The molecule has 1 N–H and O–H groups in total. The molecule has 0 heterocycles. The van der Waals surface area contributed by atoms with Crippen LogP contribution in [0, 0.1) is 6.92 Å². The Kier molecular flexibility index (Phi) is 8.82. The molecule has 0 aliphatic carbocycles. The van der Waals surface area contributed by atoms with E-state index in [2.05, 4.69) is 17.1 Å². The molecule has 0 radical (unpaired) electrons. The second-order valence-corrected chi connectivity index (χ2v) is 7.32. The Bertz CT molecular complexity index is 732. The molecular formula is C23H33N3O2. The zero-order valence-corrected chi connectivity index (χ0v) is 17.6. The van der Waals surface area contributed by atoms with E-state index in [1.54, 1.807) is 0 Å². The van der Waals surface area contributed by atoms with Crippen LogP contribution in [0.5, 0.6) is 5.75 Å². The van der Waals surface area contributed by atoms with Crippen molar-refractivity contribution in [3.63, 3.8) is 0 Å². The molecule has 28 heavy (non-hydrogen) atoms. The van der Waals surface area contributed by atoms with Gasteiger partial charge in [0.05, 0.1) is 6.61 Å². The van der Waals surface area contributed by atoms with E-state index in [1.807, 2.05) is 74.4 Å². The number of unbranched alkanes of at least 4 members (excludes halogenated alkanes) is 1. The molecule has 0 atom stereocenters. The van der Waals surface area contributed by atoms with E-state index in [0.717, 1.165) is 48.6 Å². The second kappa shape index (κ2) is 11.3. The number of likely N-dealkylation sites (N-methyl/N-ethyl adjacent to an activating group) is 1. The summed E-state index contributed by atoms with van der Waals surface area (Å²) in [7, 11) is 4.03. The summed E-state index contributed by atoms with van der Waals surface area (Å²) in [5.41, 5.74) is 2.93. The molecule has 2 rings (SSSR count). The lowest BCUT2D eigenvalue weighted by Crippen LogP contribution is -2.39. The zero-order chi connectivity index (χ0) is 20.4. The Balaban J connectivity index is 2.04. The number of anilines is 1. The van der Waals surface area contributed by atoms with Crippen LogP contribution in [0.3, 0.4) is 0 Å². The average molecular weight is 384 g/mol. The highest BCUT2D eigenvalue weighted by Crippen LogP contribution is 2.22. The molecular weight excluding hydrogens is 350 g/mol. The van der Waals surface area contributed by atoms with E-state index >= 15 is 0 Å². The van der Waals surface area contributed by atoms with Gasteiger partial charge in [-0.1, -0.05) is 43.7 Å². The topological polar surface area (TPSA) is 44.8 Å². The van der Waals surface area contributed by atoms with Crippen LogP contribution < -0.4 is 10.1 Å². The number of urea groups is 1. The fourth-order valence-electron chi connectivity index (χ4n) is 2.77. The van der Waals surface area contributed by atoms with Crippen LogP contribution in [-0.2, 0) is 6.54 Å². The smallest absolute Gasteiger partial charge is 0.322 e. The van der Waals surface area contributed by atoms with Gasteiger partial charge in [-0.05, 0) is 56.8 Å². The highest BCUT2D eigenvalue weighted by atomic mass is 16.5. The number of carbonyl (C=O) groups excluding carboxylic acids is 1. The maximum atomic E-state index is 12.9. The van der Waals surface area contributed by atoms with Crippen LogP contribution in [0.25, 0.3) is 0 Å². The lowest BCUT2D eigenvalue weighted by Gasteiger charge is -2.25. The predicted octanol–water partition coefficient (Wildman–Crippen LogP) is 4.77. The molecule has 2 aromatic carbocycles. The fraction of sp³-hybridized carbons (Fsp3) is 0.435. The minimum absolute atomic E-state index is 0.0894. The van der Waals surface area contributed by atoms with E-state index in [9.17, 15) is 4.79 Å². The van der Waals surface area contributed by atoms with Crippen molar-refractivity contribution in [1.29, 1.82) is 0 Å². The first-order valence-electron chi connectivity index (χ1n) is 9.97. The molecule has 0 unspecified atom stereocenters. The molecule has 0 aliphatic heterocycles. The van der Waals surface area contributed by atoms with Gasteiger partial charge in [-0.2, -0.15) is 0 Å². The maximum Gasteiger partial charge on any atom is 0.322 e. The largest absolute Gasteiger partial charge is 0.494 e. The summed E-state index contributed by atoms with van der Waals surface area (Å²) in [6.07, 6.45) is 2.15. The van der Waals surface area contributed by atoms with Crippen molar-refractivity contribution in [3.8, 4) is 5.75 Å². The van der Waals surface area contributed by atoms with Crippen molar-refractivity contribution in [1.82, 2.24) is 9.80 Å². The Morgan fingerprint density at radius 1 is 1.07 bits per heavy atom. The maximum absolute atomic E-state index is 12.9. The normalized spacial score (nSPS) is 10.8. The van der Waals surface area contributed by atoms with Gasteiger partial charge in [0.2, 0.25) is 0 Å². The molecule has 2 amide bonds. The van der Waals surface area contributed by atoms with Crippen molar-refractivity contribution in [2.45, 2.75) is 33.2 Å². The van der Waals surface area contributed by atoms with Crippen LogP contribution in [-0.4, -0.2) is 49.6 Å². The van der Waals surface area contributed by atoms with Gasteiger partial charge in [0, 0.05) is 25.3 Å². The monoisotopic (exact) mass is 383 g/mol. The number of amides is 2. The van der Waals surface area contributed by atoms with Crippen molar-refractivity contribution in [3.05, 3.63) is 59.7 Å². The third-order valence-corrected chi connectivity index (χ3v) is 4.53. The number of ether oxygens (including phenoxy) is 1. The van der Waals surface area contributed by atoms with Gasteiger partial charge in [0.15, 0.2) is 0 Å². The number of carbonyl (C=O) groups is 1. The number of nitrogens with one attached hydrogen (secondary N) is 1. The van der Waals surface area contributed by atoms with Crippen LogP contribution in [0.1, 0.15) is 30.9 Å². The molecule has 2 aromatic rings. The minimum Gasteiger partial charge on any atom is -0.494 e. The summed E-state index contributed by atoms with van der Waals surface area (Å²) in [5, 5.41) is 3.06. The number of nitrogens with zero attached hydrogens (tertiary/aromatic N) is 2. The summed E-state index contributed by atoms with van der Waals surface area (Å²) in [4.78, 5) is 16.9. The highest BCUT2D eigenvalue weighted by molar-refractivity contribution is 5.90. The predicted molar refractivity (Wildman–Crippen MR) is 116 cm³/mol. The molecule has 0 saturated carbocycles. The number of hydrogen-bond donors (Lipinski definition) is 1. The molecule has 0 fully saturated rings. The highest BCUT2D eigenvalue weighted by Gasteiger charge is 2.15. The van der Waals surface area contributed by atoms with Gasteiger partial charge in [0.1, 0.15) is 5.75 Å². The first kappa shape index (κ1) is 21.8. The Morgan fingerprint density at radius 3 is 2.46 bits per heavy atom. The van der Waals surface area contributed by atoms with Crippen molar-refractivity contribution in [2.75, 3.05) is 39.1 Å². The van der Waals surface area contributed by atoms with Crippen LogP contribution in [0.4, 0.5) is 10.5 Å². The van der Waals surface area contributed by atoms with Gasteiger partial charge in [0.25, 0.3) is 0 Å².